The lowest BCUT2D eigenvalue weighted by Gasteiger charge is -2.59. The molecule has 3 rings (SSSR count). The first-order valence-electron chi connectivity index (χ1n) is 10.7. The Hall–Kier alpha value is -2.00. The Morgan fingerprint density at radius 2 is 1.94 bits per heavy atom. The fourth-order valence-corrected chi connectivity index (χ4v) is 5.76. The van der Waals surface area contributed by atoms with Crippen LogP contribution in [0.2, 0.25) is 0 Å². The molecule has 0 aromatic heterocycles. The van der Waals surface area contributed by atoms with Gasteiger partial charge in [-0.25, -0.2) is 4.79 Å². The molecular formula is C23H33NO7. The van der Waals surface area contributed by atoms with Crippen molar-refractivity contribution in [1.82, 2.24) is 5.32 Å². The van der Waals surface area contributed by atoms with E-state index in [0.29, 0.717) is 6.42 Å². The van der Waals surface area contributed by atoms with Crippen molar-refractivity contribution < 1.29 is 34.8 Å². The van der Waals surface area contributed by atoms with Gasteiger partial charge in [0.05, 0.1) is 12.2 Å². The van der Waals surface area contributed by atoms with Crippen molar-refractivity contribution in [2.45, 2.75) is 77.1 Å². The number of allylic oxidation sites excluding steroid dienone is 2. The Morgan fingerprint density at radius 1 is 1.26 bits per heavy atom. The van der Waals surface area contributed by atoms with Gasteiger partial charge in [0.25, 0.3) is 5.91 Å². The normalized spacial score (nSPS) is 38.9. The van der Waals surface area contributed by atoms with Crippen LogP contribution in [0.4, 0.5) is 0 Å². The highest BCUT2D eigenvalue weighted by Gasteiger charge is 2.70. The van der Waals surface area contributed by atoms with Gasteiger partial charge in [0.1, 0.15) is 6.10 Å². The van der Waals surface area contributed by atoms with Crippen LogP contribution in [-0.2, 0) is 14.3 Å². The summed E-state index contributed by atoms with van der Waals surface area (Å²) in [6.45, 7) is 7.36. The Bertz CT molecular complexity index is 830. The number of hydrogen-bond donors (Lipinski definition) is 5. The molecule has 2 aliphatic carbocycles. The van der Waals surface area contributed by atoms with Crippen LogP contribution in [0.5, 0.6) is 0 Å². The van der Waals surface area contributed by atoms with Crippen LogP contribution in [-0.4, -0.2) is 62.4 Å². The smallest absolute Gasteiger partial charge is 0.331 e. The number of fused-ring (bicyclic) bond motifs is 3. The SMILES string of the molecule is CC(O)C(O)C=CC=CC(=O)OC1C=C2C(O)NC(=O)C2(O)C2(C)CCCC(C)(C)C12. The molecule has 31 heavy (non-hydrogen) atoms. The second-order valence-electron chi connectivity index (χ2n) is 9.82. The quantitative estimate of drug-likeness (QED) is 0.186. The highest BCUT2D eigenvalue weighted by atomic mass is 16.5. The van der Waals surface area contributed by atoms with E-state index in [1.807, 2.05) is 20.8 Å². The molecule has 0 spiro atoms. The summed E-state index contributed by atoms with van der Waals surface area (Å²) in [5, 5.41) is 43.1. The lowest BCUT2D eigenvalue weighted by molar-refractivity contribution is -0.188. The first-order valence-corrected chi connectivity index (χ1v) is 10.7. The molecule has 8 heteroatoms. The predicted molar refractivity (Wildman–Crippen MR) is 112 cm³/mol. The highest BCUT2D eigenvalue weighted by molar-refractivity contribution is 5.94. The van der Waals surface area contributed by atoms with Gasteiger partial charge in [-0.1, -0.05) is 45.4 Å². The standard InChI is InChI=1S/C23H33NO7/c1-13(25)15(26)8-5-6-9-17(27)31-16-12-14-19(28)24-20(29)23(14,30)22(4)11-7-10-21(2,3)18(16)22/h5-6,8-9,12-13,15-16,18-19,25-26,28,30H,7,10-11H2,1-4H3,(H,24,29). The highest BCUT2D eigenvalue weighted by Crippen LogP contribution is 2.63. The van der Waals surface area contributed by atoms with Crippen LogP contribution in [0.1, 0.15) is 47.0 Å². The molecule has 1 saturated heterocycles. The van der Waals surface area contributed by atoms with E-state index < -0.39 is 47.4 Å². The summed E-state index contributed by atoms with van der Waals surface area (Å²) >= 11 is 0. The molecule has 0 radical (unpaired) electrons. The van der Waals surface area contributed by atoms with E-state index in [1.165, 1.54) is 37.3 Å². The van der Waals surface area contributed by atoms with Crippen LogP contribution >= 0.6 is 0 Å². The molecule has 0 aromatic carbocycles. The average Bonchev–Trinajstić information content (AvgIpc) is 2.88. The summed E-state index contributed by atoms with van der Waals surface area (Å²) < 4.78 is 5.74. The van der Waals surface area contributed by atoms with E-state index in [1.54, 1.807) is 0 Å². The van der Waals surface area contributed by atoms with Crippen molar-refractivity contribution in [2.75, 3.05) is 0 Å². The number of hydrogen-bond acceptors (Lipinski definition) is 7. The van der Waals surface area contributed by atoms with Crippen molar-refractivity contribution in [3.63, 3.8) is 0 Å². The number of aliphatic hydroxyl groups excluding tert-OH is 3. The molecule has 0 aromatic rings. The van der Waals surface area contributed by atoms with Gasteiger partial charge in [-0.2, -0.15) is 0 Å². The molecule has 0 bridgehead atoms. The van der Waals surface area contributed by atoms with Gasteiger partial charge >= 0.3 is 5.97 Å². The van der Waals surface area contributed by atoms with E-state index in [0.717, 1.165) is 12.8 Å². The zero-order valence-electron chi connectivity index (χ0n) is 18.4. The van der Waals surface area contributed by atoms with Crippen LogP contribution in [0.25, 0.3) is 0 Å². The minimum Gasteiger partial charge on any atom is -0.455 e. The maximum absolute atomic E-state index is 12.7. The minimum atomic E-state index is -1.85. The number of amides is 1. The number of nitrogens with one attached hydrogen (secondary N) is 1. The number of esters is 1. The van der Waals surface area contributed by atoms with Gasteiger partial charge in [-0.15, -0.1) is 0 Å². The molecular weight excluding hydrogens is 402 g/mol. The maximum atomic E-state index is 12.7. The number of aliphatic hydroxyl groups is 4. The predicted octanol–water partition coefficient (Wildman–Crippen LogP) is 0.704. The van der Waals surface area contributed by atoms with Crippen LogP contribution in [0.15, 0.2) is 36.0 Å². The summed E-state index contributed by atoms with van der Waals surface area (Å²) in [5.41, 5.74) is -2.96. The Labute approximate surface area is 182 Å². The summed E-state index contributed by atoms with van der Waals surface area (Å²) in [5.74, 6) is -1.59. The summed E-state index contributed by atoms with van der Waals surface area (Å²) in [7, 11) is 0. The van der Waals surface area contributed by atoms with Gasteiger partial charge in [0, 0.05) is 23.0 Å². The zero-order valence-corrected chi connectivity index (χ0v) is 18.4. The summed E-state index contributed by atoms with van der Waals surface area (Å²) in [6, 6.07) is 0. The van der Waals surface area contributed by atoms with E-state index in [9.17, 15) is 30.0 Å². The number of rotatable bonds is 5. The third-order valence-corrected chi connectivity index (χ3v) is 7.25. The second kappa shape index (κ2) is 8.16. The number of carbonyl (C=O) groups is 2. The second-order valence-corrected chi connectivity index (χ2v) is 9.82. The molecule has 7 unspecified atom stereocenters. The molecule has 3 aliphatic rings. The van der Waals surface area contributed by atoms with Gasteiger partial charge in [0.15, 0.2) is 11.8 Å². The zero-order chi connectivity index (χ0) is 23.2. The molecule has 1 saturated carbocycles. The molecule has 8 nitrogen and oxygen atoms in total. The van der Waals surface area contributed by atoms with E-state index >= 15 is 0 Å². The fraction of sp³-hybridized carbons (Fsp3) is 0.652. The first kappa shape index (κ1) is 23.7. The lowest BCUT2D eigenvalue weighted by atomic mass is 9.46. The molecule has 7 atom stereocenters. The average molecular weight is 436 g/mol. The Balaban J connectivity index is 1.90. The summed E-state index contributed by atoms with van der Waals surface area (Å²) in [6.07, 6.45) is 5.08. The molecule has 172 valence electrons. The third-order valence-electron chi connectivity index (χ3n) is 7.25. The van der Waals surface area contributed by atoms with E-state index in [4.69, 9.17) is 4.74 Å². The van der Waals surface area contributed by atoms with Gasteiger partial charge in [-0.3, -0.25) is 4.79 Å². The molecule has 1 heterocycles. The molecule has 5 N–H and O–H groups in total. The van der Waals surface area contributed by atoms with Crippen LogP contribution in [0.3, 0.4) is 0 Å². The van der Waals surface area contributed by atoms with Crippen molar-refractivity contribution in [3.8, 4) is 0 Å². The topological polar surface area (TPSA) is 136 Å². The van der Waals surface area contributed by atoms with E-state index in [-0.39, 0.29) is 16.9 Å². The van der Waals surface area contributed by atoms with Gasteiger partial charge < -0.3 is 30.5 Å². The van der Waals surface area contributed by atoms with Crippen molar-refractivity contribution >= 4 is 11.9 Å². The monoisotopic (exact) mass is 435 g/mol. The Kier molecular flexibility index (Phi) is 6.23. The van der Waals surface area contributed by atoms with Crippen molar-refractivity contribution in [2.24, 2.45) is 16.7 Å². The molecule has 1 amide bonds. The van der Waals surface area contributed by atoms with Crippen molar-refractivity contribution in [1.29, 1.82) is 0 Å². The van der Waals surface area contributed by atoms with Crippen LogP contribution < -0.4 is 5.32 Å². The van der Waals surface area contributed by atoms with Crippen molar-refractivity contribution in [3.05, 3.63) is 36.0 Å². The number of ether oxygens (including phenoxy) is 1. The molecule has 1 aliphatic heterocycles. The summed E-state index contributed by atoms with van der Waals surface area (Å²) in [4.78, 5) is 25.2. The van der Waals surface area contributed by atoms with Crippen LogP contribution in [0, 0.1) is 16.7 Å². The third kappa shape index (κ3) is 3.86. The van der Waals surface area contributed by atoms with E-state index in [2.05, 4.69) is 5.32 Å². The van der Waals surface area contributed by atoms with Gasteiger partial charge in [0.2, 0.25) is 0 Å². The minimum absolute atomic E-state index is 0.135. The Morgan fingerprint density at radius 3 is 2.58 bits per heavy atom. The molecule has 2 fully saturated rings. The lowest BCUT2D eigenvalue weighted by Crippen LogP contribution is -2.65. The first-order chi connectivity index (χ1) is 14.3. The fourth-order valence-electron chi connectivity index (χ4n) is 5.76. The maximum Gasteiger partial charge on any atom is 0.331 e. The van der Waals surface area contributed by atoms with Gasteiger partial charge in [-0.05, 0) is 31.3 Å². The number of carbonyl (C=O) groups excluding carboxylic acids is 2. The largest absolute Gasteiger partial charge is 0.455 e.